The van der Waals surface area contributed by atoms with E-state index in [1.165, 1.54) is 5.56 Å². The molecule has 4 nitrogen and oxygen atoms in total. The second kappa shape index (κ2) is 4.45. The Kier molecular flexibility index (Phi) is 3.01. The molecule has 0 aliphatic heterocycles. The second-order valence-electron chi connectivity index (χ2n) is 3.86. The third kappa shape index (κ3) is 2.12. The average Bonchev–Trinajstić information content (AvgIpc) is 2.61. The Hall–Kier alpha value is -1.68. The predicted molar refractivity (Wildman–Crippen MR) is 63.6 cm³/mol. The summed E-state index contributed by atoms with van der Waals surface area (Å²) in [5.74, 6) is 1.70. The zero-order valence-electron chi connectivity index (χ0n) is 9.64. The fourth-order valence-corrected chi connectivity index (χ4v) is 1.61. The van der Waals surface area contributed by atoms with Crippen molar-refractivity contribution in [1.29, 1.82) is 0 Å². The van der Waals surface area contributed by atoms with Crippen LogP contribution in [0.4, 0.5) is 0 Å². The van der Waals surface area contributed by atoms with Crippen molar-refractivity contribution in [3.63, 3.8) is 0 Å². The molecule has 2 aromatic rings. The second-order valence-corrected chi connectivity index (χ2v) is 3.86. The van der Waals surface area contributed by atoms with Crippen LogP contribution in [0, 0.1) is 13.8 Å². The van der Waals surface area contributed by atoms with E-state index in [0.29, 0.717) is 6.54 Å². The molecule has 0 saturated carbocycles. The Bertz CT molecular complexity index is 470. The Labute approximate surface area is 95.1 Å². The maximum Gasteiger partial charge on any atom is 0.152 e. The van der Waals surface area contributed by atoms with Gasteiger partial charge in [-0.15, -0.1) is 0 Å². The number of nitrogens with zero attached hydrogens (tertiary/aromatic N) is 3. The lowest BCUT2D eigenvalue weighted by atomic mass is 10.2. The van der Waals surface area contributed by atoms with Gasteiger partial charge >= 0.3 is 0 Å². The van der Waals surface area contributed by atoms with Gasteiger partial charge < -0.3 is 5.73 Å². The van der Waals surface area contributed by atoms with Crippen molar-refractivity contribution in [3.05, 3.63) is 41.5 Å². The predicted octanol–water partition coefficient (Wildman–Crippen LogP) is 1.39. The molecule has 4 heteroatoms. The molecule has 0 unspecified atom stereocenters. The number of rotatable bonds is 3. The molecule has 1 aromatic carbocycles. The Morgan fingerprint density at radius 3 is 2.50 bits per heavy atom. The maximum absolute atomic E-state index is 5.49. The monoisotopic (exact) mass is 216 g/mol. The highest BCUT2D eigenvalue weighted by Crippen LogP contribution is 2.10. The molecular weight excluding hydrogens is 200 g/mol. The van der Waals surface area contributed by atoms with E-state index in [1.807, 2.05) is 23.7 Å². The first-order chi connectivity index (χ1) is 7.70. The van der Waals surface area contributed by atoms with E-state index < -0.39 is 0 Å². The minimum absolute atomic E-state index is 0.581. The van der Waals surface area contributed by atoms with E-state index in [9.17, 15) is 0 Å². The first-order valence-corrected chi connectivity index (χ1v) is 5.40. The molecule has 0 bridgehead atoms. The van der Waals surface area contributed by atoms with Crippen LogP contribution in [0.2, 0.25) is 0 Å². The van der Waals surface area contributed by atoms with Crippen molar-refractivity contribution in [2.75, 3.05) is 6.54 Å². The summed E-state index contributed by atoms with van der Waals surface area (Å²) in [4.78, 5) is 4.37. The first kappa shape index (κ1) is 10.8. The normalized spacial score (nSPS) is 10.7. The summed E-state index contributed by atoms with van der Waals surface area (Å²) in [7, 11) is 0. The Morgan fingerprint density at radius 2 is 1.88 bits per heavy atom. The van der Waals surface area contributed by atoms with Gasteiger partial charge in [0.15, 0.2) is 5.82 Å². The van der Waals surface area contributed by atoms with Crippen molar-refractivity contribution in [3.8, 4) is 5.69 Å². The van der Waals surface area contributed by atoms with Crippen LogP contribution in [-0.2, 0) is 6.42 Å². The Balaban J connectivity index is 2.36. The van der Waals surface area contributed by atoms with Crippen LogP contribution in [0.15, 0.2) is 24.3 Å². The zero-order valence-corrected chi connectivity index (χ0v) is 9.64. The molecule has 1 aromatic heterocycles. The molecule has 0 aliphatic rings. The SMILES string of the molecule is Cc1ccc(-n2nc(CCN)nc2C)cc1. The lowest BCUT2D eigenvalue weighted by Gasteiger charge is -2.02. The number of hydrogen-bond acceptors (Lipinski definition) is 3. The van der Waals surface area contributed by atoms with Crippen LogP contribution < -0.4 is 5.73 Å². The number of aromatic nitrogens is 3. The van der Waals surface area contributed by atoms with E-state index in [1.54, 1.807) is 0 Å². The van der Waals surface area contributed by atoms with Gasteiger partial charge in [0.05, 0.1) is 5.69 Å². The van der Waals surface area contributed by atoms with Gasteiger partial charge in [-0.25, -0.2) is 9.67 Å². The molecule has 1 heterocycles. The van der Waals surface area contributed by atoms with Gasteiger partial charge in [0.25, 0.3) is 0 Å². The molecular formula is C12H16N4. The third-order valence-electron chi connectivity index (χ3n) is 2.46. The molecule has 84 valence electrons. The fourth-order valence-electron chi connectivity index (χ4n) is 1.61. The molecule has 0 saturated heterocycles. The van der Waals surface area contributed by atoms with E-state index in [-0.39, 0.29) is 0 Å². The summed E-state index contributed by atoms with van der Waals surface area (Å²) in [5, 5.41) is 4.42. The lowest BCUT2D eigenvalue weighted by Crippen LogP contribution is -2.05. The zero-order chi connectivity index (χ0) is 11.5. The van der Waals surface area contributed by atoms with E-state index in [4.69, 9.17) is 5.73 Å². The van der Waals surface area contributed by atoms with Crippen LogP contribution in [0.5, 0.6) is 0 Å². The summed E-state index contributed by atoms with van der Waals surface area (Å²) in [6, 6.07) is 8.23. The van der Waals surface area contributed by atoms with Gasteiger partial charge in [0, 0.05) is 6.42 Å². The molecule has 2 rings (SSSR count). The van der Waals surface area contributed by atoms with E-state index in [2.05, 4.69) is 29.1 Å². The van der Waals surface area contributed by atoms with Crippen molar-refractivity contribution in [2.45, 2.75) is 20.3 Å². The lowest BCUT2D eigenvalue weighted by molar-refractivity contribution is 0.803. The molecule has 0 amide bonds. The standard InChI is InChI=1S/C12H16N4/c1-9-3-5-11(6-4-9)16-10(2)14-12(15-16)7-8-13/h3-6H,7-8,13H2,1-2H3. The smallest absolute Gasteiger partial charge is 0.152 e. The van der Waals surface area contributed by atoms with Crippen LogP contribution in [0.3, 0.4) is 0 Å². The molecule has 0 aliphatic carbocycles. The summed E-state index contributed by atoms with van der Waals surface area (Å²) >= 11 is 0. The van der Waals surface area contributed by atoms with Crippen LogP contribution >= 0.6 is 0 Å². The molecule has 0 spiro atoms. The molecule has 16 heavy (non-hydrogen) atoms. The van der Waals surface area contributed by atoms with Gasteiger partial charge in [0.2, 0.25) is 0 Å². The third-order valence-corrected chi connectivity index (χ3v) is 2.46. The summed E-state index contributed by atoms with van der Waals surface area (Å²) < 4.78 is 1.85. The summed E-state index contributed by atoms with van der Waals surface area (Å²) in [6.45, 7) is 4.60. The minimum atomic E-state index is 0.581. The van der Waals surface area contributed by atoms with Crippen molar-refractivity contribution in [2.24, 2.45) is 5.73 Å². The Morgan fingerprint density at radius 1 is 1.19 bits per heavy atom. The maximum atomic E-state index is 5.49. The van der Waals surface area contributed by atoms with E-state index in [0.717, 1.165) is 23.8 Å². The van der Waals surface area contributed by atoms with Crippen LogP contribution in [-0.4, -0.2) is 21.3 Å². The topological polar surface area (TPSA) is 56.7 Å². The van der Waals surface area contributed by atoms with Gasteiger partial charge in [-0.3, -0.25) is 0 Å². The summed E-state index contributed by atoms with van der Waals surface area (Å²) in [6.07, 6.45) is 0.722. The molecule has 0 atom stereocenters. The van der Waals surface area contributed by atoms with E-state index >= 15 is 0 Å². The number of hydrogen-bond donors (Lipinski definition) is 1. The number of benzene rings is 1. The largest absolute Gasteiger partial charge is 0.330 e. The average molecular weight is 216 g/mol. The van der Waals surface area contributed by atoms with Gasteiger partial charge in [0.1, 0.15) is 5.82 Å². The fraction of sp³-hybridized carbons (Fsp3) is 0.333. The molecule has 0 fully saturated rings. The summed E-state index contributed by atoms with van der Waals surface area (Å²) in [5.41, 5.74) is 7.77. The van der Waals surface area contributed by atoms with Crippen LogP contribution in [0.1, 0.15) is 17.2 Å². The highest BCUT2D eigenvalue weighted by atomic mass is 15.3. The number of aryl methyl sites for hydroxylation is 2. The van der Waals surface area contributed by atoms with Crippen molar-refractivity contribution in [1.82, 2.24) is 14.8 Å². The molecule has 0 radical (unpaired) electrons. The van der Waals surface area contributed by atoms with Crippen molar-refractivity contribution >= 4 is 0 Å². The van der Waals surface area contributed by atoms with Gasteiger partial charge in [-0.05, 0) is 32.5 Å². The van der Waals surface area contributed by atoms with Crippen LogP contribution in [0.25, 0.3) is 5.69 Å². The quantitative estimate of drug-likeness (QED) is 0.843. The first-order valence-electron chi connectivity index (χ1n) is 5.40. The van der Waals surface area contributed by atoms with Gasteiger partial charge in [-0.1, -0.05) is 17.7 Å². The van der Waals surface area contributed by atoms with Crippen molar-refractivity contribution < 1.29 is 0 Å². The number of nitrogens with two attached hydrogens (primary N) is 1. The minimum Gasteiger partial charge on any atom is -0.330 e. The molecule has 2 N–H and O–H groups in total. The highest BCUT2D eigenvalue weighted by Gasteiger charge is 2.06. The highest BCUT2D eigenvalue weighted by molar-refractivity contribution is 5.34. The van der Waals surface area contributed by atoms with Gasteiger partial charge in [-0.2, -0.15) is 5.10 Å².